The molecule has 2 atom stereocenters. The molecule has 1 aromatic carbocycles. The Morgan fingerprint density at radius 1 is 1.32 bits per heavy atom. The van der Waals surface area contributed by atoms with Gasteiger partial charge in [-0.3, -0.25) is 4.98 Å². The second-order valence-electron chi connectivity index (χ2n) is 4.74. The SMILES string of the molecule is N[C@@H]1C[C@H]1c1ccc(-c2ccc(O)c(F)c2Cl)nc1. The smallest absolute Gasteiger partial charge is 0.184 e. The van der Waals surface area contributed by atoms with E-state index >= 15 is 0 Å². The van der Waals surface area contributed by atoms with E-state index in [1.807, 2.05) is 6.07 Å². The van der Waals surface area contributed by atoms with E-state index in [0.29, 0.717) is 17.2 Å². The van der Waals surface area contributed by atoms with E-state index in [4.69, 9.17) is 17.3 Å². The highest BCUT2D eigenvalue weighted by Gasteiger charge is 2.34. The first-order chi connectivity index (χ1) is 9.08. The van der Waals surface area contributed by atoms with Gasteiger partial charge in [-0.1, -0.05) is 17.7 Å². The highest BCUT2D eigenvalue weighted by molar-refractivity contribution is 6.33. The molecule has 19 heavy (non-hydrogen) atoms. The summed E-state index contributed by atoms with van der Waals surface area (Å²) in [6, 6.07) is 6.76. The van der Waals surface area contributed by atoms with Gasteiger partial charge in [0.05, 0.1) is 10.7 Å². The average molecular weight is 279 g/mol. The van der Waals surface area contributed by atoms with Crippen LogP contribution in [0.3, 0.4) is 0 Å². The first kappa shape index (κ1) is 12.4. The van der Waals surface area contributed by atoms with Crippen molar-refractivity contribution >= 4 is 11.6 Å². The number of rotatable bonds is 2. The molecular weight excluding hydrogens is 267 g/mol. The summed E-state index contributed by atoms with van der Waals surface area (Å²) in [5.41, 5.74) is 7.90. The predicted octanol–water partition coefficient (Wildman–Crippen LogP) is 3.06. The Morgan fingerprint density at radius 3 is 2.63 bits per heavy atom. The van der Waals surface area contributed by atoms with Crippen LogP contribution in [0.2, 0.25) is 5.02 Å². The van der Waals surface area contributed by atoms with Gasteiger partial charge in [0.25, 0.3) is 0 Å². The number of aromatic nitrogens is 1. The van der Waals surface area contributed by atoms with E-state index in [9.17, 15) is 9.50 Å². The molecule has 0 bridgehead atoms. The highest BCUT2D eigenvalue weighted by atomic mass is 35.5. The van der Waals surface area contributed by atoms with Crippen molar-refractivity contribution in [3.8, 4) is 17.0 Å². The van der Waals surface area contributed by atoms with Crippen LogP contribution in [0.1, 0.15) is 17.9 Å². The normalized spacial score (nSPS) is 21.4. The first-order valence-corrected chi connectivity index (χ1v) is 6.34. The Bertz CT molecular complexity index is 630. The molecule has 1 aliphatic carbocycles. The number of nitrogens with two attached hydrogens (primary N) is 1. The van der Waals surface area contributed by atoms with Crippen LogP contribution in [0.15, 0.2) is 30.5 Å². The lowest BCUT2D eigenvalue weighted by molar-refractivity contribution is 0.433. The number of halogens is 2. The molecule has 1 fully saturated rings. The molecule has 0 spiro atoms. The van der Waals surface area contributed by atoms with E-state index in [2.05, 4.69) is 4.98 Å². The molecule has 3 N–H and O–H groups in total. The van der Waals surface area contributed by atoms with Crippen LogP contribution >= 0.6 is 11.6 Å². The minimum absolute atomic E-state index is 0.122. The average Bonchev–Trinajstić information content (AvgIpc) is 3.14. The standard InChI is InChI=1S/C14H12ClFN2O/c15-13-8(2-4-12(19)14(13)16)11-3-1-7(6-18-11)9-5-10(9)17/h1-4,6,9-10,19H,5,17H2/t9-,10+/m0/s1. The number of benzene rings is 1. The second-order valence-corrected chi connectivity index (χ2v) is 5.12. The first-order valence-electron chi connectivity index (χ1n) is 5.97. The molecule has 0 amide bonds. The minimum Gasteiger partial charge on any atom is -0.505 e. The van der Waals surface area contributed by atoms with Crippen LogP contribution in [0.4, 0.5) is 4.39 Å². The van der Waals surface area contributed by atoms with Gasteiger partial charge in [-0.05, 0) is 30.2 Å². The van der Waals surface area contributed by atoms with Gasteiger partial charge in [0, 0.05) is 23.7 Å². The zero-order valence-electron chi connectivity index (χ0n) is 9.98. The Hall–Kier alpha value is -1.65. The molecule has 1 aliphatic rings. The predicted molar refractivity (Wildman–Crippen MR) is 71.6 cm³/mol. The van der Waals surface area contributed by atoms with Gasteiger partial charge in [0.1, 0.15) is 0 Å². The van der Waals surface area contributed by atoms with E-state index in [1.54, 1.807) is 18.3 Å². The van der Waals surface area contributed by atoms with Crippen molar-refractivity contribution in [3.63, 3.8) is 0 Å². The van der Waals surface area contributed by atoms with Crippen LogP contribution in [-0.4, -0.2) is 16.1 Å². The number of nitrogens with zero attached hydrogens (tertiary/aromatic N) is 1. The molecule has 2 aromatic rings. The molecule has 98 valence electrons. The fourth-order valence-corrected chi connectivity index (χ4v) is 2.38. The van der Waals surface area contributed by atoms with Gasteiger partial charge in [0.2, 0.25) is 0 Å². The Kier molecular flexibility index (Phi) is 2.92. The number of hydrogen-bond acceptors (Lipinski definition) is 3. The van der Waals surface area contributed by atoms with Crippen LogP contribution in [0, 0.1) is 5.82 Å². The lowest BCUT2D eigenvalue weighted by Crippen LogP contribution is -2.01. The van der Waals surface area contributed by atoms with Crippen LogP contribution in [0.5, 0.6) is 5.75 Å². The van der Waals surface area contributed by atoms with Crippen molar-refractivity contribution in [1.29, 1.82) is 0 Å². The van der Waals surface area contributed by atoms with Crippen molar-refractivity contribution in [2.45, 2.75) is 18.4 Å². The molecule has 0 saturated heterocycles. The topological polar surface area (TPSA) is 59.1 Å². The number of hydrogen-bond donors (Lipinski definition) is 2. The summed E-state index contributed by atoms with van der Waals surface area (Å²) < 4.78 is 13.5. The molecule has 3 nitrogen and oxygen atoms in total. The highest BCUT2D eigenvalue weighted by Crippen LogP contribution is 2.39. The third-order valence-electron chi connectivity index (χ3n) is 3.39. The monoisotopic (exact) mass is 278 g/mol. The number of phenols is 1. The molecule has 1 aromatic heterocycles. The van der Waals surface area contributed by atoms with Crippen molar-refractivity contribution in [2.75, 3.05) is 0 Å². The lowest BCUT2D eigenvalue weighted by atomic mass is 10.1. The summed E-state index contributed by atoms with van der Waals surface area (Å²) >= 11 is 5.88. The largest absolute Gasteiger partial charge is 0.505 e. The fourth-order valence-electron chi connectivity index (χ4n) is 2.12. The summed E-state index contributed by atoms with van der Waals surface area (Å²) in [7, 11) is 0. The molecule has 1 saturated carbocycles. The van der Waals surface area contributed by atoms with E-state index in [0.717, 1.165) is 12.0 Å². The van der Waals surface area contributed by atoms with Gasteiger partial charge >= 0.3 is 0 Å². The number of pyridine rings is 1. The maximum absolute atomic E-state index is 13.5. The Morgan fingerprint density at radius 2 is 2.05 bits per heavy atom. The van der Waals surface area contributed by atoms with E-state index in [1.165, 1.54) is 6.07 Å². The molecule has 3 rings (SSSR count). The van der Waals surface area contributed by atoms with E-state index < -0.39 is 11.6 Å². The maximum atomic E-state index is 13.5. The van der Waals surface area contributed by atoms with Gasteiger partial charge in [-0.25, -0.2) is 4.39 Å². The van der Waals surface area contributed by atoms with Gasteiger partial charge in [-0.2, -0.15) is 0 Å². The van der Waals surface area contributed by atoms with Crippen LogP contribution in [0.25, 0.3) is 11.3 Å². The van der Waals surface area contributed by atoms with Crippen molar-refractivity contribution < 1.29 is 9.50 Å². The molecule has 1 heterocycles. The van der Waals surface area contributed by atoms with Crippen LogP contribution < -0.4 is 5.73 Å². The third kappa shape index (κ3) is 2.17. The zero-order valence-corrected chi connectivity index (χ0v) is 10.7. The summed E-state index contributed by atoms with van der Waals surface area (Å²) in [5, 5.41) is 9.11. The van der Waals surface area contributed by atoms with Crippen molar-refractivity contribution in [1.82, 2.24) is 4.98 Å². The van der Waals surface area contributed by atoms with Gasteiger partial charge in [-0.15, -0.1) is 0 Å². The van der Waals surface area contributed by atoms with Crippen LogP contribution in [-0.2, 0) is 0 Å². The van der Waals surface area contributed by atoms with Gasteiger partial charge in [0.15, 0.2) is 11.6 Å². The fraction of sp³-hybridized carbons (Fsp3) is 0.214. The molecular formula is C14H12ClFN2O. The van der Waals surface area contributed by atoms with Crippen molar-refractivity contribution in [2.24, 2.45) is 5.73 Å². The summed E-state index contributed by atoms with van der Waals surface area (Å²) in [6.07, 6.45) is 2.73. The number of aromatic hydroxyl groups is 1. The quantitative estimate of drug-likeness (QED) is 0.887. The minimum atomic E-state index is -0.825. The summed E-state index contributed by atoms with van der Waals surface area (Å²) in [5.74, 6) is -0.905. The summed E-state index contributed by atoms with van der Waals surface area (Å²) in [6.45, 7) is 0. The Labute approximate surface area is 114 Å². The zero-order chi connectivity index (χ0) is 13.6. The van der Waals surface area contributed by atoms with E-state index in [-0.39, 0.29) is 11.1 Å². The van der Waals surface area contributed by atoms with Crippen molar-refractivity contribution in [3.05, 3.63) is 46.9 Å². The summed E-state index contributed by atoms with van der Waals surface area (Å²) in [4.78, 5) is 4.29. The second kappa shape index (κ2) is 4.47. The molecule has 0 radical (unpaired) electrons. The Balaban J connectivity index is 1.96. The van der Waals surface area contributed by atoms with Gasteiger partial charge < -0.3 is 10.8 Å². The molecule has 0 aliphatic heterocycles. The number of phenolic OH excluding ortho intramolecular Hbond substituents is 1. The molecule has 5 heteroatoms. The molecule has 0 unspecified atom stereocenters. The third-order valence-corrected chi connectivity index (χ3v) is 3.76. The maximum Gasteiger partial charge on any atom is 0.184 e. The lowest BCUT2D eigenvalue weighted by Gasteiger charge is -2.07.